The predicted octanol–water partition coefficient (Wildman–Crippen LogP) is 2.03. The van der Waals surface area contributed by atoms with Gasteiger partial charge < -0.3 is 14.4 Å². The number of benzene rings is 1. The highest BCUT2D eigenvalue weighted by atomic mass is 16.5. The Morgan fingerprint density at radius 2 is 1.92 bits per heavy atom. The first-order valence-electron chi connectivity index (χ1n) is 7.75. The van der Waals surface area contributed by atoms with Crippen molar-refractivity contribution in [2.45, 2.75) is 6.54 Å². The molecule has 0 atom stereocenters. The van der Waals surface area contributed by atoms with Crippen molar-refractivity contribution in [2.24, 2.45) is 0 Å². The Kier molecular flexibility index (Phi) is 3.66. The highest BCUT2D eigenvalue weighted by molar-refractivity contribution is 5.75. The fourth-order valence-corrected chi connectivity index (χ4v) is 2.62. The third kappa shape index (κ3) is 3.07. The highest BCUT2D eigenvalue weighted by Gasteiger charge is 2.12. The number of aromatic nitrogens is 5. The summed E-state index contributed by atoms with van der Waals surface area (Å²) in [6.45, 7) is 0.873. The lowest BCUT2D eigenvalue weighted by Gasteiger charge is -2.09. The van der Waals surface area contributed by atoms with E-state index in [1.54, 1.807) is 12.3 Å². The molecular weight excluding hydrogens is 320 g/mol. The van der Waals surface area contributed by atoms with Crippen molar-refractivity contribution in [2.75, 3.05) is 14.1 Å². The molecule has 25 heavy (non-hydrogen) atoms. The number of aromatic amines is 2. The molecule has 0 bridgehead atoms. The zero-order valence-corrected chi connectivity index (χ0v) is 13.8. The number of fused-ring (bicyclic) bond motifs is 1. The maximum absolute atomic E-state index is 11.3. The molecule has 0 spiro atoms. The minimum absolute atomic E-state index is 0.302. The molecule has 0 unspecified atom stereocenters. The quantitative estimate of drug-likeness (QED) is 0.591. The van der Waals surface area contributed by atoms with Gasteiger partial charge >= 0.3 is 5.69 Å². The second kappa shape index (κ2) is 5.99. The summed E-state index contributed by atoms with van der Waals surface area (Å²) in [4.78, 5) is 27.3. The number of H-pyrrole nitrogens is 2. The molecule has 0 radical (unpaired) electrons. The van der Waals surface area contributed by atoms with Crippen LogP contribution in [0.2, 0.25) is 0 Å². The van der Waals surface area contributed by atoms with E-state index < -0.39 is 0 Å². The van der Waals surface area contributed by atoms with E-state index in [9.17, 15) is 4.79 Å². The molecule has 2 N–H and O–H groups in total. The summed E-state index contributed by atoms with van der Waals surface area (Å²) in [5.41, 5.74) is 3.51. The van der Waals surface area contributed by atoms with Crippen LogP contribution in [-0.4, -0.2) is 44.1 Å². The molecule has 8 heteroatoms. The van der Waals surface area contributed by atoms with Gasteiger partial charge in [-0.3, -0.25) is 4.98 Å². The van der Waals surface area contributed by atoms with Gasteiger partial charge in [0.25, 0.3) is 5.89 Å². The average Bonchev–Trinajstić information content (AvgIpc) is 3.20. The second-order valence-electron chi connectivity index (χ2n) is 6.06. The Hall–Kier alpha value is -3.26. The molecular formula is C17H16N6O2. The van der Waals surface area contributed by atoms with Gasteiger partial charge in [-0.25, -0.2) is 9.78 Å². The minimum atomic E-state index is -0.302. The maximum Gasteiger partial charge on any atom is 0.325 e. The van der Waals surface area contributed by atoms with Crippen LogP contribution in [0.4, 0.5) is 0 Å². The first-order chi connectivity index (χ1) is 12.1. The summed E-state index contributed by atoms with van der Waals surface area (Å²) in [7, 11) is 4.06. The minimum Gasteiger partial charge on any atom is -0.334 e. The summed E-state index contributed by atoms with van der Waals surface area (Å²) < 4.78 is 5.34. The predicted molar refractivity (Wildman–Crippen MR) is 92.8 cm³/mol. The van der Waals surface area contributed by atoms with E-state index in [0.29, 0.717) is 28.4 Å². The largest absolute Gasteiger partial charge is 0.334 e. The number of rotatable bonds is 4. The molecule has 0 saturated heterocycles. The lowest BCUT2D eigenvalue weighted by atomic mass is 10.1. The molecule has 0 aliphatic heterocycles. The monoisotopic (exact) mass is 336 g/mol. The Labute approximate surface area is 142 Å². The van der Waals surface area contributed by atoms with Crippen molar-refractivity contribution in [3.63, 3.8) is 0 Å². The number of imidazole rings is 1. The third-order valence-corrected chi connectivity index (χ3v) is 3.75. The molecule has 3 aromatic heterocycles. The van der Waals surface area contributed by atoms with E-state index in [2.05, 4.69) is 30.0 Å². The van der Waals surface area contributed by atoms with E-state index in [1.165, 1.54) is 5.56 Å². The molecule has 0 fully saturated rings. The summed E-state index contributed by atoms with van der Waals surface area (Å²) in [5, 5.41) is 4.03. The first kappa shape index (κ1) is 15.3. The number of hydrogen-bond donors (Lipinski definition) is 2. The molecule has 126 valence electrons. The van der Waals surface area contributed by atoms with Crippen LogP contribution in [0.25, 0.3) is 34.0 Å². The fraction of sp³-hybridized carbons (Fsp3) is 0.176. The van der Waals surface area contributed by atoms with Crippen LogP contribution in [0, 0.1) is 0 Å². The van der Waals surface area contributed by atoms with Gasteiger partial charge in [0, 0.05) is 18.3 Å². The van der Waals surface area contributed by atoms with E-state index >= 15 is 0 Å². The summed E-state index contributed by atoms with van der Waals surface area (Å²) >= 11 is 0. The zero-order chi connectivity index (χ0) is 17.4. The molecule has 0 amide bonds. The van der Waals surface area contributed by atoms with Crippen LogP contribution in [0.3, 0.4) is 0 Å². The lowest BCUT2D eigenvalue weighted by Crippen LogP contribution is -2.10. The number of pyridine rings is 1. The fourth-order valence-electron chi connectivity index (χ4n) is 2.62. The summed E-state index contributed by atoms with van der Waals surface area (Å²) in [6, 6.07) is 9.78. The topological polar surface area (TPSA) is 104 Å². The number of hydrogen-bond acceptors (Lipinski definition) is 6. The molecule has 4 aromatic rings. The van der Waals surface area contributed by atoms with Crippen LogP contribution in [0.5, 0.6) is 0 Å². The van der Waals surface area contributed by atoms with Gasteiger partial charge in [0.1, 0.15) is 0 Å². The van der Waals surface area contributed by atoms with Gasteiger partial charge in [-0.1, -0.05) is 29.4 Å². The second-order valence-corrected chi connectivity index (χ2v) is 6.06. The van der Waals surface area contributed by atoms with Crippen molar-refractivity contribution in [3.8, 4) is 22.8 Å². The van der Waals surface area contributed by atoms with Crippen molar-refractivity contribution >= 4 is 11.2 Å². The molecule has 0 aliphatic rings. The molecule has 3 heterocycles. The standard InChI is InChI=1S/C17H16N6O2/c1-23(2)9-10-3-5-11(6-4-10)14-20-16(25-22-14)12-7-13-15(18-8-12)21-17(24)19-13/h3-8H,9H2,1-2H3,(H2,18,19,21,24). The SMILES string of the molecule is CN(C)Cc1ccc(-c2noc(-c3cnc4[nH]c(=O)[nH]c4c3)n2)cc1. The zero-order valence-electron chi connectivity index (χ0n) is 13.8. The van der Waals surface area contributed by atoms with Gasteiger partial charge in [0.15, 0.2) is 5.65 Å². The Morgan fingerprint density at radius 3 is 2.68 bits per heavy atom. The van der Waals surface area contributed by atoms with E-state index in [1.807, 2.05) is 38.4 Å². The van der Waals surface area contributed by atoms with Crippen LogP contribution in [-0.2, 0) is 6.54 Å². The lowest BCUT2D eigenvalue weighted by molar-refractivity contribution is 0.402. The third-order valence-electron chi connectivity index (χ3n) is 3.75. The number of nitrogens with zero attached hydrogens (tertiary/aromatic N) is 4. The van der Waals surface area contributed by atoms with Crippen LogP contribution in [0.1, 0.15) is 5.56 Å². The number of nitrogens with one attached hydrogen (secondary N) is 2. The summed E-state index contributed by atoms with van der Waals surface area (Å²) in [6.07, 6.45) is 1.59. The normalized spacial score (nSPS) is 11.5. The molecule has 1 aromatic carbocycles. The van der Waals surface area contributed by atoms with Crippen LogP contribution in [0.15, 0.2) is 45.8 Å². The van der Waals surface area contributed by atoms with Gasteiger partial charge in [-0.05, 0) is 25.7 Å². The Morgan fingerprint density at radius 1 is 1.12 bits per heavy atom. The smallest absolute Gasteiger partial charge is 0.325 e. The van der Waals surface area contributed by atoms with Gasteiger partial charge in [0.2, 0.25) is 5.82 Å². The van der Waals surface area contributed by atoms with E-state index in [-0.39, 0.29) is 5.69 Å². The molecule has 8 nitrogen and oxygen atoms in total. The van der Waals surface area contributed by atoms with Crippen LogP contribution < -0.4 is 5.69 Å². The Bertz CT molecular complexity index is 1070. The highest BCUT2D eigenvalue weighted by Crippen LogP contribution is 2.23. The van der Waals surface area contributed by atoms with Crippen molar-refractivity contribution in [3.05, 3.63) is 52.6 Å². The first-order valence-corrected chi connectivity index (χ1v) is 7.75. The maximum atomic E-state index is 11.3. The molecule has 0 saturated carbocycles. The summed E-state index contributed by atoms with van der Waals surface area (Å²) in [5.74, 6) is 0.859. The van der Waals surface area contributed by atoms with E-state index in [0.717, 1.165) is 12.1 Å². The van der Waals surface area contributed by atoms with Crippen molar-refractivity contribution in [1.29, 1.82) is 0 Å². The molecule has 4 rings (SSSR count). The van der Waals surface area contributed by atoms with E-state index in [4.69, 9.17) is 4.52 Å². The Balaban J connectivity index is 1.63. The van der Waals surface area contributed by atoms with Crippen LogP contribution >= 0.6 is 0 Å². The van der Waals surface area contributed by atoms with Crippen molar-refractivity contribution in [1.82, 2.24) is 30.0 Å². The van der Waals surface area contributed by atoms with Crippen molar-refractivity contribution < 1.29 is 4.52 Å². The van der Waals surface area contributed by atoms with Gasteiger partial charge in [-0.15, -0.1) is 0 Å². The molecule has 0 aliphatic carbocycles. The van der Waals surface area contributed by atoms with Gasteiger partial charge in [0.05, 0.1) is 11.1 Å². The van der Waals surface area contributed by atoms with Gasteiger partial charge in [-0.2, -0.15) is 4.98 Å². The average molecular weight is 336 g/mol.